The standard InChI is InChI=1S/C11H24N2O/c1-4-8(2)7-10(13-12)11-6-5-9(3)14-11/h8-11,13H,4-7,12H2,1-3H3. The molecule has 0 aromatic heterocycles. The topological polar surface area (TPSA) is 47.3 Å². The minimum absolute atomic E-state index is 0.323. The van der Waals surface area contributed by atoms with E-state index in [0.717, 1.165) is 18.8 Å². The molecule has 84 valence electrons. The third-order valence-corrected chi connectivity index (χ3v) is 3.28. The summed E-state index contributed by atoms with van der Waals surface area (Å²) in [6, 6.07) is 0.329. The Balaban J connectivity index is 2.37. The van der Waals surface area contributed by atoms with E-state index < -0.39 is 0 Å². The maximum absolute atomic E-state index is 5.82. The minimum Gasteiger partial charge on any atom is -0.374 e. The summed E-state index contributed by atoms with van der Waals surface area (Å²) in [5.41, 5.74) is 2.90. The molecule has 4 atom stereocenters. The molecule has 0 spiro atoms. The van der Waals surface area contributed by atoms with E-state index in [9.17, 15) is 0 Å². The van der Waals surface area contributed by atoms with Gasteiger partial charge in [0, 0.05) is 6.04 Å². The summed E-state index contributed by atoms with van der Waals surface area (Å²) in [7, 11) is 0. The van der Waals surface area contributed by atoms with Gasteiger partial charge in [-0.2, -0.15) is 0 Å². The highest BCUT2D eigenvalue weighted by Gasteiger charge is 2.29. The van der Waals surface area contributed by atoms with Crippen LogP contribution in [-0.4, -0.2) is 18.2 Å². The van der Waals surface area contributed by atoms with Crippen LogP contribution in [0.25, 0.3) is 0 Å². The van der Waals surface area contributed by atoms with Crippen molar-refractivity contribution >= 4 is 0 Å². The van der Waals surface area contributed by atoms with Crippen molar-refractivity contribution < 1.29 is 4.74 Å². The number of ether oxygens (including phenoxy) is 1. The highest BCUT2D eigenvalue weighted by atomic mass is 16.5. The SMILES string of the molecule is CCC(C)CC(NN)C1CCC(C)O1. The van der Waals surface area contributed by atoms with Crippen LogP contribution in [0.2, 0.25) is 0 Å². The normalized spacial score (nSPS) is 31.7. The highest BCUT2D eigenvalue weighted by Crippen LogP contribution is 2.25. The van der Waals surface area contributed by atoms with E-state index >= 15 is 0 Å². The van der Waals surface area contributed by atoms with Crippen LogP contribution in [0, 0.1) is 5.92 Å². The summed E-state index contributed by atoms with van der Waals surface area (Å²) in [5.74, 6) is 6.29. The van der Waals surface area contributed by atoms with Gasteiger partial charge in [0.05, 0.1) is 12.2 Å². The molecule has 3 nitrogen and oxygen atoms in total. The molecule has 0 amide bonds. The van der Waals surface area contributed by atoms with Gasteiger partial charge in [-0.3, -0.25) is 11.3 Å². The number of nitrogens with one attached hydrogen (secondary N) is 1. The van der Waals surface area contributed by atoms with Crippen molar-refractivity contribution in [1.29, 1.82) is 0 Å². The Kier molecular flexibility index (Phi) is 4.85. The van der Waals surface area contributed by atoms with Crippen LogP contribution in [0.5, 0.6) is 0 Å². The van der Waals surface area contributed by atoms with Crippen LogP contribution in [-0.2, 0) is 4.74 Å². The Labute approximate surface area is 87.4 Å². The zero-order chi connectivity index (χ0) is 10.6. The zero-order valence-corrected chi connectivity index (χ0v) is 9.62. The first kappa shape index (κ1) is 12.0. The summed E-state index contributed by atoms with van der Waals surface area (Å²) >= 11 is 0. The fourth-order valence-corrected chi connectivity index (χ4v) is 2.06. The molecule has 0 aromatic carbocycles. The van der Waals surface area contributed by atoms with Crippen molar-refractivity contribution in [1.82, 2.24) is 5.43 Å². The van der Waals surface area contributed by atoms with Crippen LogP contribution in [0.15, 0.2) is 0 Å². The molecule has 3 N–H and O–H groups in total. The molecule has 3 heteroatoms. The predicted molar refractivity (Wildman–Crippen MR) is 58.8 cm³/mol. The van der Waals surface area contributed by atoms with E-state index in [-0.39, 0.29) is 0 Å². The summed E-state index contributed by atoms with van der Waals surface area (Å²) < 4.78 is 5.82. The van der Waals surface area contributed by atoms with Crippen LogP contribution in [0.1, 0.15) is 46.5 Å². The summed E-state index contributed by atoms with van der Waals surface area (Å²) in [5, 5.41) is 0. The van der Waals surface area contributed by atoms with Crippen molar-refractivity contribution in [2.24, 2.45) is 11.8 Å². The molecule has 0 bridgehead atoms. The van der Waals surface area contributed by atoms with Gasteiger partial charge in [-0.25, -0.2) is 0 Å². The molecule has 0 saturated carbocycles. The van der Waals surface area contributed by atoms with E-state index in [2.05, 4.69) is 26.2 Å². The number of rotatable bonds is 5. The zero-order valence-electron chi connectivity index (χ0n) is 9.62. The van der Waals surface area contributed by atoms with Crippen molar-refractivity contribution in [2.45, 2.75) is 64.7 Å². The molecule has 0 aliphatic carbocycles. The fraction of sp³-hybridized carbons (Fsp3) is 1.00. The lowest BCUT2D eigenvalue weighted by molar-refractivity contribution is 0.0266. The third-order valence-electron chi connectivity index (χ3n) is 3.28. The van der Waals surface area contributed by atoms with E-state index in [1.54, 1.807) is 0 Å². The highest BCUT2D eigenvalue weighted by molar-refractivity contribution is 4.82. The molecular weight excluding hydrogens is 176 g/mol. The molecule has 14 heavy (non-hydrogen) atoms. The molecule has 4 unspecified atom stereocenters. The second-order valence-electron chi connectivity index (χ2n) is 4.58. The van der Waals surface area contributed by atoms with Crippen molar-refractivity contribution in [2.75, 3.05) is 0 Å². The number of hydrogen-bond acceptors (Lipinski definition) is 3. The third kappa shape index (κ3) is 3.23. The van der Waals surface area contributed by atoms with Crippen LogP contribution in [0.3, 0.4) is 0 Å². The molecule has 1 saturated heterocycles. The minimum atomic E-state index is 0.323. The maximum atomic E-state index is 5.82. The lowest BCUT2D eigenvalue weighted by Crippen LogP contribution is -2.44. The molecular formula is C11H24N2O. The Morgan fingerprint density at radius 2 is 2.21 bits per heavy atom. The van der Waals surface area contributed by atoms with E-state index in [1.807, 2.05) is 0 Å². The van der Waals surface area contributed by atoms with E-state index in [0.29, 0.717) is 18.2 Å². The van der Waals surface area contributed by atoms with E-state index in [4.69, 9.17) is 10.6 Å². The largest absolute Gasteiger partial charge is 0.374 e. The van der Waals surface area contributed by atoms with Gasteiger partial charge in [0.2, 0.25) is 0 Å². The number of hydrazine groups is 1. The van der Waals surface area contributed by atoms with Crippen LogP contribution >= 0.6 is 0 Å². The van der Waals surface area contributed by atoms with Gasteiger partial charge in [0.25, 0.3) is 0 Å². The molecule has 1 fully saturated rings. The smallest absolute Gasteiger partial charge is 0.0746 e. The van der Waals surface area contributed by atoms with Crippen LogP contribution in [0.4, 0.5) is 0 Å². The van der Waals surface area contributed by atoms with Crippen molar-refractivity contribution in [3.05, 3.63) is 0 Å². The van der Waals surface area contributed by atoms with Gasteiger partial charge in [-0.15, -0.1) is 0 Å². The lowest BCUT2D eigenvalue weighted by Gasteiger charge is -2.25. The van der Waals surface area contributed by atoms with Gasteiger partial charge >= 0.3 is 0 Å². The Bertz CT molecular complexity index is 163. The second kappa shape index (κ2) is 5.69. The fourth-order valence-electron chi connectivity index (χ4n) is 2.06. The molecule has 1 rings (SSSR count). The van der Waals surface area contributed by atoms with Gasteiger partial charge < -0.3 is 4.74 Å². The maximum Gasteiger partial charge on any atom is 0.0746 e. The predicted octanol–water partition coefficient (Wildman–Crippen LogP) is 1.82. The van der Waals surface area contributed by atoms with Gasteiger partial charge in [-0.1, -0.05) is 20.3 Å². The molecule has 1 aliphatic heterocycles. The average Bonchev–Trinajstić information content (AvgIpc) is 2.60. The lowest BCUT2D eigenvalue weighted by atomic mass is 9.95. The summed E-state index contributed by atoms with van der Waals surface area (Å²) in [4.78, 5) is 0. The van der Waals surface area contributed by atoms with Crippen molar-refractivity contribution in [3.8, 4) is 0 Å². The first-order valence-corrected chi connectivity index (χ1v) is 5.79. The average molecular weight is 200 g/mol. The van der Waals surface area contributed by atoms with Gasteiger partial charge in [0.15, 0.2) is 0 Å². The Morgan fingerprint density at radius 3 is 2.64 bits per heavy atom. The van der Waals surface area contributed by atoms with Gasteiger partial charge in [0.1, 0.15) is 0 Å². The summed E-state index contributed by atoms with van der Waals surface area (Å²) in [6.07, 6.45) is 5.37. The molecule has 0 aromatic rings. The second-order valence-corrected chi connectivity index (χ2v) is 4.58. The number of nitrogens with two attached hydrogens (primary N) is 1. The number of hydrogen-bond donors (Lipinski definition) is 2. The van der Waals surface area contributed by atoms with Crippen molar-refractivity contribution in [3.63, 3.8) is 0 Å². The first-order valence-electron chi connectivity index (χ1n) is 5.79. The van der Waals surface area contributed by atoms with Gasteiger partial charge in [-0.05, 0) is 32.1 Å². The quantitative estimate of drug-likeness (QED) is 0.525. The van der Waals surface area contributed by atoms with E-state index in [1.165, 1.54) is 12.8 Å². The molecule has 0 radical (unpaired) electrons. The van der Waals surface area contributed by atoms with Crippen LogP contribution < -0.4 is 11.3 Å². The molecule has 1 heterocycles. The first-order chi connectivity index (χ1) is 6.67. The molecule has 1 aliphatic rings. The Hall–Kier alpha value is -0.120. The Morgan fingerprint density at radius 1 is 1.50 bits per heavy atom. The summed E-state index contributed by atoms with van der Waals surface area (Å²) in [6.45, 7) is 6.62. The monoisotopic (exact) mass is 200 g/mol.